The van der Waals surface area contributed by atoms with Gasteiger partial charge < -0.3 is 10.5 Å². The van der Waals surface area contributed by atoms with Crippen molar-refractivity contribution < 1.29 is 13.2 Å². The Labute approximate surface area is 129 Å². The van der Waals surface area contributed by atoms with Crippen LogP contribution in [0.25, 0.3) is 0 Å². The van der Waals surface area contributed by atoms with Gasteiger partial charge in [0.05, 0.1) is 17.8 Å². The van der Waals surface area contributed by atoms with Crippen LogP contribution in [0.5, 0.6) is 5.75 Å². The summed E-state index contributed by atoms with van der Waals surface area (Å²) in [5.41, 5.74) is 6.95. The maximum absolute atomic E-state index is 12.4. The van der Waals surface area contributed by atoms with Crippen molar-refractivity contribution >= 4 is 21.4 Å². The van der Waals surface area contributed by atoms with Gasteiger partial charge >= 0.3 is 0 Å². The van der Waals surface area contributed by atoms with Gasteiger partial charge in [0.15, 0.2) is 9.84 Å². The summed E-state index contributed by atoms with van der Waals surface area (Å²) in [6.45, 7) is 0.366. The predicted octanol–water partition coefficient (Wildman–Crippen LogP) is 2.78. The Morgan fingerprint density at radius 2 is 1.81 bits per heavy atom. The maximum atomic E-state index is 12.4. The van der Waals surface area contributed by atoms with E-state index in [9.17, 15) is 8.42 Å². The molecule has 0 aliphatic rings. The first kappa shape index (κ1) is 15.8. The molecule has 2 aromatic rings. The van der Waals surface area contributed by atoms with Crippen LogP contribution in [0.3, 0.4) is 0 Å². The van der Waals surface area contributed by atoms with Gasteiger partial charge in [-0.3, -0.25) is 0 Å². The number of hydrogen-bond acceptors (Lipinski definition) is 4. The highest BCUT2D eigenvalue weighted by Crippen LogP contribution is 2.24. The fraction of sp³-hybridized carbons (Fsp3) is 0.200. The number of hydrogen-bond donors (Lipinski definition) is 1. The van der Waals surface area contributed by atoms with E-state index in [1.807, 2.05) is 0 Å². The highest BCUT2D eigenvalue weighted by molar-refractivity contribution is 7.90. The molecule has 0 aliphatic heterocycles. The second-order valence-corrected chi connectivity index (χ2v) is 6.96. The lowest BCUT2D eigenvalue weighted by molar-refractivity contribution is 0.414. The summed E-state index contributed by atoms with van der Waals surface area (Å²) in [4.78, 5) is 0.238. The number of rotatable bonds is 5. The monoisotopic (exact) mass is 325 g/mol. The van der Waals surface area contributed by atoms with E-state index in [2.05, 4.69) is 0 Å². The molecule has 0 spiro atoms. The maximum Gasteiger partial charge on any atom is 0.182 e. The van der Waals surface area contributed by atoms with Gasteiger partial charge in [-0.2, -0.15) is 0 Å². The SMILES string of the molecule is COc1ccc(S(=O)(=O)Cc2ccc(CN)cc2Cl)cc1. The van der Waals surface area contributed by atoms with E-state index in [4.69, 9.17) is 22.1 Å². The Hall–Kier alpha value is -1.56. The van der Waals surface area contributed by atoms with Crippen LogP contribution in [0.1, 0.15) is 11.1 Å². The Balaban J connectivity index is 2.28. The quantitative estimate of drug-likeness (QED) is 0.917. The smallest absolute Gasteiger partial charge is 0.182 e. The lowest BCUT2D eigenvalue weighted by Gasteiger charge is -2.08. The normalized spacial score (nSPS) is 11.4. The van der Waals surface area contributed by atoms with Crippen molar-refractivity contribution in [3.63, 3.8) is 0 Å². The van der Waals surface area contributed by atoms with Gasteiger partial charge in [0.2, 0.25) is 0 Å². The third-order valence-corrected chi connectivity index (χ3v) is 5.15. The molecule has 0 radical (unpaired) electrons. The van der Waals surface area contributed by atoms with Crippen LogP contribution in [0.15, 0.2) is 47.4 Å². The van der Waals surface area contributed by atoms with E-state index in [-0.39, 0.29) is 10.6 Å². The first-order valence-electron chi connectivity index (χ1n) is 6.30. The van der Waals surface area contributed by atoms with Crippen molar-refractivity contribution in [2.75, 3.05) is 7.11 Å². The van der Waals surface area contributed by atoms with Crippen LogP contribution in [0.2, 0.25) is 5.02 Å². The van der Waals surface area contributed by atoms with Crippen molar-refractivity contribution in [3.05, 3.63) is 58.6 Å². The summed E-state index contributed by atoms with van der Waals surface area (Å²) in [7, 11) is -1.92. The number of nitrogens with two attached hydrogens (primary N) is 1. The highest BCUT2D eigenvalue weighted by Gasteiger charge is 2.17. The van der Waals surface area contributed by atoms with Crippen LogP contribution >= 0.6 is 11.6 Å². The third kappa shape index (κ3) is 3.75. The number of methoxy groups -OCH3 is 1. The fourth-order valence-corrected chi connectivity index (χ4v) is 3.63. The minimum atomic E-state index is -3.45. The molecule has 0 saturated heterocycles. The van der Waals surface area contributed by atoms with E-state index < -0.39 is 9.84 Å². The molecule has 112 valence electrons. The Kier molecular flexibility index (Phi) is 4.88. The molecule has 0 aliphatic carbocycles. The molecule has 6 heteroatoms. The summed E-state index contributed by atoms with van der Waals surface area (Å²) in [5, 5.41) is 0.412. The highest BCUT2D eigenvalue weighted by atomic mass is 35.5. The molecular weight excluding hydrogens is 310 g/mol. The van der Waals surface area contributed by atoms with Crippen molar-refractivity contribution in [2.45, 2.75) is 17.2 Å². The summed E-state index contributed by atoms with van der Waals surface area (Å²) in [5.74, 6) is 0.461. The van der Waals surface area contributed by atoms with Gasteiger partial charge in [0, 0.05) is 11.6 Å². The van der Waals surface area contributed by atoms with Crippen molar-refractivity contribution in [1.82, 2.24) is 0 Å². The van der Waals surface area contributed by atoms with Crippen LogP contribution in [0, 0.1) is 0 Å². The van der Waals surface area contributed by atoms with Crippen LogP contribution in [-0.2, 0) is 22.1 Å². The minimum Gasteiger partial charge on any atom is -0.497 e. The summed E-state index contributed by atoms with van der Waals surface area (Å²) < 4.78 is 29.8. The molecular formula is C15H16ClNO3S. The molecule has 2 rings (SSSR count). The van der Waals surface area contributed by atoms with Crippen molar-refractivity contribution in [2.24, 2.45) is 5.73 Å². The van der Waals surface area contributed by atoms with Gasteiger partial charge in [-0.25, -0.2) is 8.42 Å². The van der Waals surface area contributed by atoms with Gasteiger partial charge in [0.1, 0.15) is 5.75 Å². The molecule has 0 bridgehead atoms. The van der Waals surface area contributed by atoms with E-state index in [1.54, 1.807) is 30.3 Å². The number of sulfone groups is 1. The molecule has 0 saturated carbocycles. The zero-order chi connectivity index (χ0) is 15.5. The number of ether oxygens (including phenoxy) is 1. The predicted molar refractivity (Wildman–Crippen MR) is 83.2 cm³/mol. The minimum absolute atomic E-state index is 0.150. The van der Waals surface area contributed by atoms with Crippen molar-refractivity contribution in [3.8, 4) is 5.75 Å². The number of halogens is 1. The topological polar surface area (TPSA) is 69.4 Å². The summed E-state index contributed by atoms with van der Waals surface area (Å²) in [6.07, 6.45) is 0. The summed E-state index contributed by atoms with van der Waals surface area (Å²) in [6, 6.07) is 11.5. The average molecular weight is 326 g/mol. The molecule has 21 heavy (non-hydrogen) atoms. The molecule has 4 nitrogen and oxygen atoms in total. The zero-order valence-corrected chi connectivity index (χ0v) is 13.1. The van der Waals surface area contributed by atoms with E-state index in [0.29, 0.717) is 22.9 Å². The van der Waals surface area contributed by atoms with E-state index in [1.165, 1.54) is 19.2 Å². The second-order valence-electron chi connectivity index (χ2n) is 4.56. The Bertz CT molecular complexity index is 727. The molecule has 0 heterocycles. The Morgan fingerprint density at radius 1 is 1.14 bits per heavy atom. The average Bonchev–Trinajstić information content (AvgIpc) is 2.49. The largest absolute Gasteiger partial charge is 0.497 e. The Morgan fingerprint density at radius 3 is 2.33 bits per heavy atom. The lowest BCUT2D eigenvalue weighted by atomic mass is 10.1. The molecule has 0 aromatic heterocycles. The van der Waals surface area contributed by atoms with Crippen LogP contribution in [-0.4, -0.2) is 15.5 Å². The first-order chi connectivity index (χ1) is 9.96. The molecule has 2 aromatic carbocycles. The molecule has 0 atom stereocenters. The van der Waals surface area contributed by atoms with Gasteiger partial charge in [-0.15, -0.1) is 0 Å². The third-order valence-electron chi connectivity index (χ3n) is 3.12. The van der Waals surface area contributed by atoms with Crippen molar-refractivity contribution in [1.29, 1.82) is 0 Å². The van der Waals surface area contributed by atoms with Crippen LogP contribution < -0.4 is 10.5 Å². The summed E-state index contributed by atoms with van der Waals surface area (Å²) >= 11 is 6.11. The molecule has 0 unspecified atom stereocenters. The molecule has 0 amide bonds. The molecule has 0 fully saturated rings. The van der Waals surface area contributed by atoms with Gasteiger partial charge in [-0.05, 0) is 41.5 Å². The molecule has 2 N–H and O–H groups in total. The van der Waals surface area contributed by atoms with E-state index in [0.717, 1.165) is 5.56 Å². The lowest BCUT2D eigenvalue weighted by Crippen LogP contribution is -2.06. The van der Waals surface area contributed by atoms with Crippen LogP contribution in [0.4, 0.5) is 0 Å². The van der Waals surface area contributed by atoms with Gasteiger partial charge in [0.25, 0.3) is 0 Å². The zero-order valence-electron chi connectivity index (χ0n) is 11.5. The first-order valence-corrected chi connectivity index (χ1v) is 8.33. The van der Waals surface area contributed by atoms with Gasteiger partial charge in [-0.1, -0.05) is 23.7 Å². The standard InChI is InChI=1S/C15H16ClNO3S/c1-20-13-4-6-14(7-5-13)21(18,19)10-12-3-2-11(9-17)8-15(12)16/h2-8H,9-10,17H2,1H3. The van der Waals surface area contributed by atoms with E-state index >= 15 is 0 Å². The fourth-order valence-electron chi connectivity index (χ4n) is 1.91. The second kappa shape index (κ2) is 6.47. The number of benzene rings is 2.